The minimum Gasteiger partial charge on any atom is -0.367 e. The highest BCUT2D eigenvalue weighted by molar-refractivity contribution is 5.58. The Kier molecular flexibility index (Phi) is 2.78. The zero-order chi connectivity index (χ0) is 10.7. The second-order valence-electron chi connectivity index (χ2n) is 3.44. The molecule has 0 aliphatic heterocycles. The van der Waals surface area contributed by atoms with Gasteiger partial charge in [0.05, 0.1) is 12.2 Å². The summed E-state index contributed by atoms with van der Waals surface area (Å²) in [5, 5.41) is 3.05. The van der Waals surface area contributed by atoms with Crippen molar-refractivity contribution in [3.05, 3.63) is 36.0 Å². The lowest BCUT2D eigenvalue weighted by Crippen LogP contribution is -2.10. The molecule has 4 heteroatoms. The first kappa shape index (κ1) is 9.86. The largest absolute Gasteiger partial charge is 0.367 e. The van der Waals surface area contributed by atoms with E-state index in [0.29, 0.717) is 6.54 Å². The molecule has 2 aromatic rings. The molecule has 0 aliphatic carbocycles. The maximum Gasteiger partial charge on any atom is 0.143 e. The van der Waals surface area contributed by atoms with Gasteiger partial charge in [-0.15, -0.1) is 0 Å². The van der Waals surface area contributed by atoms with Gasteiger partial charge in [-0.2, -0.15) is 0 Å². The van der Waals surface area contributed by atoms with Gasteiger partial charge in [0.2, 0.25) is 0 Å². The van der Waals surface area contributed by atoms with Gasteiger partial charge in [0, 0.05) is 23.7 Å². The summed E-state index contributed by atoms with van der Waals surface area (Å²) < 4.78 is 0. The fraction of sp³-hybridized carbons (Fsp3) is 0.273. The topological polar surface area (TPSA) is 53.6 Å². The van der Waals surface area contributed by atoms with Crippen LogP contribution in [0, 0.1) is 6.92 Å². The molecule has 0 amide bonds. The van der Waals surface area contributed by atoms with Gasteiger partial charge >= 0.3 is 0 Å². The van der Waals surface area contributed by atoms with E-state index in [-0.39, 0.29) is 0 Å². The quantitative estimate of drug-likeness (QED) is 0.793. The summed E-state index contributed by atoms with van der Waals surface area (Å²) in [6.07, 6.45) is 3.83. The minimum atomic E-state index is 0.694. The lowest BCUT2D eigenvalue weighted by molar-refractivity contribution is 0.754. The van der Waals surface area contributed by atoms with Crippen LogP contribution in [-0.4, -0.2) is 22.0 Å². The molecular weight excluding hydrogens is 188 g/mol. The van der Waals surface area contributed by atoms with E-state index in [2.05, 4.69) is 20.3 Å². The number of H-pyrrole nitrogens is 1. The number of hydrogen-bond acceptors (Lipinski definition) is 3. The third kappa shape index (κ3) is 2.22. The fourth-order valence-corrected chi connectivity index (χ4v) is 1.50. The van der Waals surface area contributed by atoms with Crippen LogP contribution in [0.25, 0.3) is 11.3 Å². The first-order valence-corrected chi connectivity index (χ1v) is 4.92. The Hall–Kier alpha value is -1.68. The Morgan fingerprint density at radius 1 is 1.40 bits per heavy atom. The van der Waals surface area contributed by atoms with Crippen LogP contribution in [0.2, 0.25) is 0 Å². The standard InChI is InChI=1S/C11H14N4/c1-8-5-10(9-3-4-13-6-9)15-11(14-8)7-12-2/h3-6,12-13H,7H2,1-2H3. The zero-order valence-corrected chi connectivity index (χ0v) is 8.91. The lowest BCUT2D eigenvalue weighted by Gasteiger charge is -2.03. The minimum absolute atomic E-state index is 0.694. The highest BCUT2D eigenvalue weighted by Gasteiger charge is 2.03. The molecule has 15 heavy (non-hydrogen) atoms. The van der Waals surface area contributed by atoms with Crippen molar-refractivity contribution in [2.24, 2.45) is 0 Å². The number of hydrogen-bond donors (Lipinski definition) is 2. The molecule has 0 atom stereocenters. The summed E-state index contributed by atoms with van der Waals surface area (Å²) in [4.78, 5) is 11.8. The van der Waals surface area contributed by atoms with E-state index in [4.69, 9.17) is 0 Å². The third-order valence-electron chi connectivity index (χ3n) is 2.13. The van der Waals surface area contributed by atoms with Crippen molar-refractivity contribution in [2.75, 3.05) is 7.05 Å². The molecular formula is C11H14N4. The molecule has 0 spiro atoms. The summed E-state index contributed by atoms with van der Waals surface area (Å²) >= 11 is 0. The van der Waals surface area contributed by atoms with Gasteiger partial charge in [-0.25, -0.2) is 9.97 Å². The first-order chi connectivity index (χ1) is 7.29. The van der Waals surface area contributed by atoms with Gasteiger partial charge in [-0.3, -0.25) is 0 Å². The number of nitrogens with one attached hydrogen (secondary N) is 2. The van der Waals surface area contributed by atoms with E-state index in [1.54, 1.807) is 0 Å². The summed E-state index contributed by atoms with van der Waals surface area (Å²) in [6.45, 7) is 2.68. The Morgan fingerprint density at radius 2 is 2.27 bits per heavy atom. The maximum atomic E-state index is 4.47. The van der Waals surface area contributed by atoms with Crippen LogP contribution >= 0.6 is 0 Å². The molecule has 0 saturated heterocycles. The molecule has 0 fully saturated rings. The van der Waals surface area contributed by atoms with Gasteiger partial charge in [-0.05, 0) is 26.1 Å². The lowest BCUT2D eigenvalue weighted by atomic mass is 10.2. The van der Waals surface area contributed by atoms with Crippen LogP contribution in [0.4, 0.5) is 0 Å². The average Bonchev–Trinajstić information content (AvgIpc) is 2.70. The van der Waals surface area contributed by atoms with Crippen molar-refractivity contribution in [2.45, 2.75) is 13.5 Å². The van der Waals surface area contributed by atoms with Gasteiger partial charge < -0.3 is 10.3 Å². The van der Waals surface area contributed by atoms with Crippen molar-refractivity contribution in [3.8, 4) is 11.3 Å². The summed E-state index contributed by atoms with van der Waals surface area (Å²) in [5.74, 6) is 0.828. The van der Waals surface area contributed by atoms with Crippen LogP contribution in [0.1, 0.15) is 11.5 Å². The van der Waals surface area contributed by atoms with Crippen molar-refractivity contribution in [1.82, 2.24) is 20.3 Å². The van der Waals surface area contributed by atoms with E-state index in [9.17, 15) is 0 Å². The van der Waals surface area contributed by atoms with Crippen LogP contribution < -0.4 is 5.32 Å². The molecule has 4 nitrogen and oxygen atoms in total. The molecule has 0 unspecified atom stereocenters. The van der Waals surface area contributed by atoms with E-state index in [0.717, 1.165) is 22.8 Å². The number of nitrogens with zero attached hydrogens (tertiary/aromatic N) is 2. The van der Waals surface area contributed by atoms with Gasteiger partial charge in [0.25, 0.3) is 0 Å². The molecule has 2 N–H and O–H groups in total. The van der Waals surface area contributed by atoms with E-state index in [1.165, 1.54) is 0 Å². The Labute approximate surface area is 88.8 Å². The highest BCUT2D eigenvalue weighted by atomic mass is 15.0. The summed E-state index contributed by atoms with van der Waals surface area (Å²) in [5.41, 5.74) is 3.05. The Balaban J connectivity index is 2.40. The van der Waals surface area contributed by atoms with Crippen LogP contribution in [0.5, 0.6) is 0 Å². The van der Waals surface area contributed by atoms with Gasteiger partial charge in [0.15, 0.2) is 0 Å². The second kappa shape index (κ2) is 4.23. The normalized spacial score (nSPS) is 10.5. The van der Waals surface area contributed by atoms with E-state index in [1.807, 2.05) is 38.5 Å². The number of aromatic amines is 1. The van der Waals surface area contributed by atoms with Crippen LogP contribution in [0.3, 0.4) is 0 Å². The third-order valence-corrected chi connectivity index (χ3v) is 2.13. The second-order valence-corrected chi connectivity index (χ2v) is 3.44. The predicted octanol–water partition coefficient (Wildman–Crippen LogP) is 1.50. The molecule has 0 aliphatic rings. The number of aromatic nitrogens is 3. The molecule has 0 aromatic carbocycles. The van der Waals surface area contributed by atoms with Crippen LogP contribution in [-0.2, 0) is 6.54 Å². The van der Waals surface area contributed by atoms with Crippen molar-refractivity contribution in [3.63, 3.8) is 0 Å². The molecule has 2 rings (SSSR count). The van der Waals surface area contributed by atoms with Crippen LogP contribution in [0.15, 0.2) is 24.5 Å². The van der Waals surface area contributed by atoms with Crippen molar-refractivity contribution < 1.29 is 0 Å². The number of aryl methyl sites for hydroxylation is 1. The average molecular weight is 202 g/mol. The van der Waals surface area contributed by atoms with E-state index >= 15 is 0 Å². The highest BCUT2D eigenvalue weighted by Crippen LogP contribution is 2.16. The van der Waals surface area contributed by atoms with Gasteiger partial charge in [0.1, 0.15) is 5.82 Å². The van der Waals surface area contributed by atoms with Gasteiger partial charge in [-0.1, -0.05) is 0 Å². The van der Waals surface area contributed by atoms with Crippen molar-refractivity contribution >= 4 is 0 Å². The first-order valence-electron chi connectivity index (χ1n) is 4.92. The summed E-state index contributed by atoms with van der Waals surface area (Å²) in [6, 6.07) is 3.99. The maximum absolute atomic E-state index is 4.47. The molecule has 2 aromatic heterocycles. The molecule has 2 heterocycles. The zero-order valence-electron chi connectivity index (χ0n) is 8.91. The Bertz CT molecular complexity index is 434. The smallest absolute Gasteiger partial charge is 0.143 e. The van der Waals surface area contributed by atoms with E-state index < -0.39 is 0 Å². The number of rotatable bonds is 3. The molecule has 78 valence electrons. The molecule has 0 saturated carbocycles. The summed E-state index contributed by atoms with van der Waals surface area (Å²) in [7, 11) is 1.89. The predicted molar refractivity (Wildman–Crippen MR) is 59.3 cm³/mol. The Morgan fingerprint density at radius 3 is 2.93 bits per heavy atom. The molecule has 0 radical (unpaired) electrons. The van der Waals surface area contributed by atoms with Crippen molar-refractivity contribution in [1.29, 1.82) is 0 Å². The monoisotopic (exact) mass is 202 g/mol. The SMILES string of the molecule is CNCc1nc(C)cc(-c2cc[nH]c2)n1. The fourth-order valence-electron chi connectivity index (χ4n) is 1.50. The molecule has 0 bridgehead atoms.